The summed E-state index contributed by atoms with van der Waals surface area (Å²) in [6.45, 7) is 0. The highest BCUT2D eigenvalue weighted by Gasteiger charge is 2.15. The molecule has 6 heteroatoms. The molecule has 1 rings (SSSR count). The second kappa shape index (κ2) is 5.45. The highest BCUT2D eigenvalue weighted by molar-refractivity contribution is 9.10. The molecular formula is C10H11BrO4S. The van der Waals surface area contributed by atoms with Gasteiger partial charge in [0.1, 0.15) is 5.75 Å². The van der Waals surface area contributed by atoms with Crippen LogP contribution in [0.3, 0.4) is 0 Å². The predicted molar refractivity (Wildman–Crippen MR) is 64.1 cm³/mol. The van der Waals surface area contributed by atoms with Crippen molar-refractivity contribution >= 4 is 31.7 Å². The Morgan fingerprint density at radius 3 is 2.62 bits per heavy atom. The standard InChI is InChI=1S/C10H11BrO4S/c11-9-3-1-2-8(6-9)4-5-16(14,15)7-10(12)13/h1-3,6H,4-5,7H2,(H,12,13). The van der Waals surface area contributed by atoms with Crippen LogP contribution >= 0.6 is 15.9 Å². The van der Waals surface area contributed by atoms with Gasteiger partial charge in [-0.15, -0.1) is 0 Å². The highest BCUT2D eigenvalue weighted by atomic mass is 79.9. The zero-order valence-corrected chi connectivity index (χ0v) is 10.8. The van der Waals surface area contributed by atoms with Crippen LogP contribution in [0.15, 0.2) is 28.7 Å². The van der Waals surface area contributed by atoms with E-state index in [-0.39, 0.29) is 5.75 Å². The molecule has 16 heavy (non-hydrogen) atoms. The molecule has 0 unspecified atom stereocenters. The first kappa shape index (κ1) is 13.2. The topological polar surface area (TPSA) is 71.4 Å². The molecule has 0 aliphatic heterocycles. The summed E-state index contributed by atoms with van der Waals surface area (Å²) >= 11 is 3.28. The average molecular weight is 307 g/mol. The Morgan fingerprint density at radius 2 is 2.06 bits per heavy atom. The second-order valence-electron chi connectivity index (χ2n) is 3.37. The molecule has 0 saturated carbocycles. The molecule has 0 radical (unpaired) electrons. The molecule has 0 aliphatic carbocycles. The smallest absolute Gasteiger partial charge is 0.318 e. The number of aryl methyl sites for hydroxylation is 1. The molecule has 0 aromatic heterocycles. The zero-order valence-electron chi connectivity index (χ0n) is 8.39. The van der Waals surface area contributed by atoms with Crippen molar-refractivity contribution in [3.05, 3.63) is 34.3 Å². The van der Waals surface area contributed by atoms with Gasteiger partial charge in [0.15, 0.2) is 9.84 Å². The minimum Gasteiger partial charge on any atom is -0.480 e. The number of carbonyl (C=O) groups is 1. The van der Waals surface area contributed by atoms with Gasteiger partial charge in [0, 0.05) is 4.47 Å². The Bertz CT molecular complexity index is 481. The van der Waals surface area contributed by atoms with E-state index >= 15 is 0 Å². The Morgan fingerprint density at radius 1 is 1.38 bits per heavy atom. The van der Waals surface area contributed by atoms with Crippen molar-refractivity contribution in [3.63, 3.8) is 0 Å². The predicted octanol–water partition coefficient (Wildman–Crippen LogP) is 1.49. The minimum atomic E-state index is -3.51. The molecular weight excluding hydrogens is 296 g/mol. The summed E-state index contributed by atoms with van der Waals surface area (Å²) < 4.78 is 23.5. The maximum atomic E-state index is 11.3. The molecule has 0 spiro atoms. The first-order chi connectivity index (χ1) is 7.39. The van der Waals surface area contributed by atoms with Gasteiger partial charge in [-0.2, -0.15) is 0 Å². The number of hydrogen-bond acceptors (Lipinski definition) is 3. The largest absolute Gasteiger partial charge is 0.480 e. The van der Waals surface area contributed by atoms with Crippen LogP contribution in [-0.4, -0.2) is 31.0 Å². The second-order valence-corrected chi connectivity index (χ2v) is 6.47. The van der Waals surface area contributed by atoms with Crippen LogP contribution in [0.4, 0.5) is 0 Å². The third-order valence-electron chi connectivity index (χ3n) is 1.93. The van der Waals surface area contributed by atoms with E-state index < -0.39 is 21.6 Å². The summed E-state index contributed by atoms with van der Waals surface area (Å²) in [4.78, 5) is 10.3. The van der Waals surface area contributed by atoms with Crippen LogP contribution in [0.25, 0.3) is 0 Å². The Labute approximate surface area is 102 Å². The fourth-order valence-corrected chi connectivity index (χ4v) is 2.74. The number of aliphatic carboxylic acids is 1. The summed E-state index contributed by atoms with van der Waals surface area (Å²) in [5, 5.41) is 8.40. The summed E-state index contributed by atoms with van der Waals surface area (Å²) in [7, 11) is -3.51. The number of hydrogen-bond donors (Lipinski definition) is 1. The van der Waals surface area contributed by atoms with Crippen LogP contribution in [0, 0.1) is 0 Å². The lowest BCUT2D eigenvalue weighted by atomic mass is 10.2. The monoisotopic (exact) mass is 306 g/mol. The molecule has 0 atom stereocenters. The van der Waals surface area contributed by atoms with E-state index in [4.69, 9.17) is 5.11 Å². The Hall–Kier alpha value is -0.880. The van der Waals surface area contributed by atoms with Crippen LogP contribution < -0.4 is 0 Å². The van der Waals surface area contributed by atoms with Crippen LogP contribution in [0.1, 0.15) is 5.56 Å². The first-order valence-corrected chi connectivity index (χ1v) is 7.17. The average Bonchev–Trinajstić information content (AvgIpc) is 2.13. The molecule has 88 valence electrons. The fraction of sp³-hybridized carbons (Fsp3) is 0.300. The van der Waals surface area contributed by atoms with E-state index in [9.17, 15) is 13.2 Å². The van der Waals surface area contributed by atoms with Crippen molar-refractivity contribution in [2.75, 3.05) is 11.5 Å². The van der Waals surface area contributed by atoms with E-state index in [0.717, 1.165) is 10.0 Å². The first-order valence-electron chi connectivity index (χ1n) is 4.56. The molecule has 0 fully saturated rings. The van der Waals surface area contributed by atoms with Gasteiger partial charge in [0.25, 0.3) is 0 Å². The SMILES string of the molecule is O=C(O)CS(=O)(=O)CCc1cccc(Br)c1. The molecule has 0 saturated heterocycles. The van der Waals surface area contributed by atoms with Gasteiger partial charge in [-0.3, -0.25) is 4.79 Å². The molecule has 1 N–H and O–H groups in total. The van der Waals surface area contributed by atoms with E-state index in [2.05, 4.69) is 15.9 Å². The van der Waals surface area contributed by atoms with E-state index in [1.165, 1.54) is 0 Å². The lowest BCUT2D eigenvalue weighted by Crippen LogP contribution is -2.19. The molecule has 0 heterocycles. The normalized spacial score (nSPS) is 11.3. The maximum absolute atomic E-state index is 11.3. The van der Waals surface area contributed by atoms with Gasteiger partial charge in [0.05, 0.1) is 5.75 Å². The highest BCUT2D eigenvalue weighted by Crippen LogP contribution is 2.12. The quantitative estimate of drug-likeness (QED) is 0.894. The number of carboxylic acids is 1. The molecule has 0 bridgehead atoms. The molecule has 0 aliphatic rings. The van der Waals surface area contributed by atoms with Crippen LogP contribution in [0.2, 0.25) is 0 Å². The van der Waals surface area contributed by atoms with Crippen molar-refractivity contribution in [2.45, 2.75) is 6.42 Å². The van der Waals surface area contributed by atoms with Gasteiger partial charge in [-0.05, 0) is 24.1 Å². The molecule has 1 aromatic rings. The Balaban J connectivity index is 2.61. The van der Waals surface area contributed by atoms with Crippen LogP contribution in [0.5, 0.6) is 0 Å². The number of sulfone groups is 1. The van der Waals surface area contributed by atoms with Crippen molar-refractivity contribution < 1.29 is 18.3 Å². The minimum absolute atomic E-state index is 0.143. The number of benzene rings is 1. The summed E-state index contributed by atoms with van der Waals surface area (Å²) in [5.74, 6) is -2.26. The maximum Gasteiger partial charge on any atom is 0.318 e. The summed E-state index contributed by atoms with van der Waals surface area (Å²) in [6.07, 6.45) is 0.328. The van der Waals surface area contributed by atoms with E-state index in [1.807, 2.05) is 18.2 Å². The zero-order chi connectivity index (χ0) is 12.2. The molecule has 4 nitrogen and oxygen atoms in total. The van der Waals surface area contributed by atoms with Crippen molar-refractivity contribution in [1.29, 1.82) is 0 Å². The van der Waals surface area contributed by atoms with E-state index in [1.54, 1.807) is 6.07 Å². The third-order valence-corrected chi connectivity index (χ3v) is 3.94. The molecule has 1 aromatic carbocycles. The van der Waals surface area contributed by atoms with Gasteiger partial charge >= 0.3 is 5.97 Å². The van der Waals surface area contributed by atoms with E-state index in [0.29, 0.717) is 6.42 Å². The van der Waals surface area contributed by atoms with Gasteiger partial charge in [-0.1, -0.05) is 28.1 Å². The van der Waals surface area contributed by atoms with Gasteiger partial charge in [0.2, 0.25) is 0 Å². The Kier molecular flexibility index (Phi) is 4.49. The number of carboxylic acid groups (broad SMARTS) is 1. The van der Waals surface area contributed by atoms with Gasteiger partial charge in [-0.25, -0.2) is 8.42 Å². The van der Waals surface area contributed by atoms with Crippen LogP contribution in [-0.2, 0) is 21.1 Å². The molecule has 0 amide bonds. The van der Waals surface area contributed by atoms with Crippen molar-refractivity contribution in [1.82, 2.24) is 0 Å². The summed E-state index contributed by atoms with van der Waals surface area (Å²) in [6, 6.07) is 7.27. The lowest BCUT2D eigenvalue weighted by Gasteiger charge is -2.02. The lowest BCUT2D eigenvalue weighted by molar-refractivity contribution is -0.134. The number of rotatable bonds is 5. The van der Waals surface area contributed by atoms with Crippen molar-refractivity contribution in [2.24, 2.45) is 0 Å². The third kappa shape index (κ3) is 4.76. The fourth-order valence-electron chi connectivity index (χ4n) is 1.23. The number of halogens is 1. The van der Waals surface area contributed by atoms with Gasteiger partial charge < -0.3 is 5.11 Å². The van der Waals surface area contributed by atoms with Crippen molar-refractivity contribution in [3.8, 4) is 0 Å². The summed E-state index contributed by atoms with van der Waals surface area (Å²) in [5.41, 5.74) is 0.864.